The van der Waals surface area contributed by atoms with E-state index in [-0.39, 0.29) is 16.3 Å². The van der Waals surface area contributed by atoms with Gasteiger partial charge in [0.25, 0.3) is 15.0 Å². The molecule has 0 unspecified atom stereocenters. The molecule has 5 nitrogen and oxygen atoms in total. The quantitative estimate of drug-likeness (QED) is 0.847. The maximum absolute atomic E-state index is 12.2. The molecule has 7 heteroatoms. The van der Waals surface area contributed by atoms with Crippen LogP contribution in [-0.2, 0) is 15.6 Å². The van der Waals surface area contributed by atoms with Crippen LogP contribution in [0, 0.1) is 0 Å². The van der Waals surface area contributed by atoms with E-state index in [1.165, 1.54) is 12.3 Å². The topological polar surface area (TPSA) is 68.2 Å². The molecule has 0 aliphatic heterocycles. The molecular weight excluding hydrogens is 288 g/mol. The molecule has 0 aromatic carbocycles. The molecular formula is C12H17ClN2O3S. The molecule has 1 saturated carbocycles. The molecule has 1 fully saturated rings. The Morgan fingerprint density at radius 3 is 2.63 bits per heavy atom. The summed E-state index contributed by atoms with van der Waals surface area (Å²) in [6, 6.07) is 1.33. The molecule has 1 aliphatic carbocycles. The van der Waals surface area contributed by atoms with Gasteiger partial charge in [-0.3, -0.25) is 4.79 Å². The number of carbonyl (C=O) groups is 1. The van der Waals surface area contributed by atoms with Gasteiger partial charge >= 0.3 is 0 Å². The first-order chi connectivity index (χ1) is 8.75. The van der Waals surface area contributed by atoms with Crippen LogP contribution in [0.3, 0.4) is 0 Å². The SMILES string of the molecule is CCCn1cc(S(=O)(=O)Cl)cc1C(=O)NC1(C)CC1. The first kappa shape index (κ1) is 14.4. The van der Waals surface area contributed by atoms with Crippen LogP contribution >= 0.6 is 10.7 Å². The van der Waals surface area contributed by atoms with Crippen LogP contribution < -0.4 is 5.32 Å². The predicted molar refractivity (Wildman–Crippen MR) is 72.9 cm³/mol. The Morgan fingerprint density at radius 1 is 1.53 bits per heavy atom. The van der Waals surface area contributed by atoms with Gasteiger partial charge in [-0.15, -0.1) is 0 Å². The fourth-order valence-corrected chi connectivity index (χ4v) is 2.64. The highest BCUT2D eigenvalue weighted by Gasteiger charge is 2.39. The Morgan fingerprint density at radius 2 is 2.16 bits per heavy atom. The summed E-state index contributed by atoms with van der Waals surface area (Å²) < 4.78 is 24.3. The van der Waals surface area contributed by atoms with Gasteiger partial charge in [0.2, 0.25) is 0 Å². The zero-order valence-corrected chi connectivity index (χ0v) is 12.5. The lowest BCUT2D eigenvalue weighted by atomic mass is 10.3. The third-order valence-electron chi connectivity index (χ3n) is 3.27. The number of aromatic nitrogens is 1. The van der Waals surface area contributed by atoms with Crippen molar-refractivity contribution in [3.63, 3.8) is 0 Å². The van der Waals surface area contributed by atoms with E-state index in [0.717, 1.165) is 19.3 Å². The van der Waals surface area contributed by atoms with Crippen LogP contribution in [0.4, 0.5) is 0 Å². The van der Waals surface area contributed by atoms with Crippen LogP contribution in [0.2, 0.25) is 0 Å². The van der Waals surface area contributed by atoms with Gasteiger partial charge in [-0.05, 0) is 32.3 Å². The van der Waals surface area contributed by atoms with Crippen LogP contribution in [0.1, 0.15) is 43.6 Å². The number of carbonyl (C=O) groups excluding carboxylic acids is 1. The number of nitrogens with zero attached hydrogens (tertiary/aromatic N) is 1. The van der Waals surface area contributed by atoms with E-state index in [1.807, 2.05) is 13.8 Å². The zero-order valence-electron chi connectivity index (χ0n) is 10.9. The van der Waals surface area contributed by atoms with Gasteiger partial charge in [0, 0.05) is 29.0 Å². The molecule has 2 rings (SSSR count). The summed E-state index contributed by atoms with van der Waals surface area (Å²) in [6.45, 7) is 4.50. The minimum atomic E-state index is -3.81. The lowest BCUT2D eigenvalue weighted by molar-refractivity contribution is 0.0926. The smallest absolute Gasteiger partial charge is 0.268 e. The monoisotopic (exact) mass is 304 g/mol. The van der Waals surface area contributed by atoms with Gasteiger partial charge < -0.3 is 9.88 Å². The second-order valence-electron chi connectivity index (χ2n) is 5.21. The van der Waals surface area contributed by atoms with E-state index in [1.54, 1.807) is 4.57 Å². The lowest BCUT2D eigenvalue weighted by Crippen LogP contribution is -2.35. The van der Waals surface area contributed by atoms with E-state index in [0.29, 0.717) is 12.2 Å². The van der Waals surface area contributed by atoms with Crippen molar-refractivity contribution in [1.29, 1.82) is 0 Å². The van der Waals surface area contributed by atoms with Crippen molar-refractivity contribution in [2.75, 3.05) is 0 Å². The summed E-state index contributed by atoms with van der Waals surface area (Å²) in [5, 5.41) is 2.91. The fourth-order valence-electron chi connectivity index (χ4n) is 1.88. The highest BCUT2D eigenvalue weighted by molar-refractivity contribution is 8.13. The van der Waals surface area contributed by atoms with Crippen molar-refractivity contribution in [3.8, 4) is 0 Å². The normalized spacial score (nSPS) is 17.2. The largest absolute Gasteiger partial charge is 0.346 e. The van der Waals surface area contributed by atoms with Gasteiger partial charge in [-0.25, -0.2) is 8.42 Å². The third-order valence-corrected chi connectivity index (χ3v) is 4.59. The molecule has 0 atom stereocenters. The molecule has 19 heavy (non-hydrogen) atoms. The number of hydrogen-bond acceptors (Lipinski definition) is 3. The van der Waals surface area contributed by atoms with Crippen LogP contribution in [0.5, 0.6) is 0 Å². The van der Waals surface area contributed by atoms with E-state index >= 15 is 0 Å². The van der Waals surface area contributed by atoms with E-state index in [4.69, 9.17) is 10.7 Å². The second-order valence-corrected chi connectivity index (χ2v) is 7.77. The molecule has 0 spiro atoms. The maximum atomic E-state index is 12.2. The third kappa shape index (κ3) is 3.30. The minimum absolute atomic E-state index is 0.0336. The molecule has 1 aromatic heterocycles. The number of aryl methyl sites for hydroxylation is 1. The van der Waals surface area contributed by atoms with Crippen molar-refractivity contribution >= 4 is 25.6 Å². The van der Waals surface area contributed by atoms with E-state index < -0.39 is 9.05 Å². The minimum Gasteiger partial charge on any atom is -0.346 e. The van der Waals surface area contributed by atoms with E-state index in [2.05, 4.69) is 5.32 Å². The molecule has 1 amide bonds. The van der Waals surface area contributed by atoms with Gasteiger partial charge in [0.1, 0.15) is 10.6 Å². The molecule has 0 saturated heterocycles. The van der Waals surface area contributed by atoms with Crippen molar-refractivity contribution in [2.24, 2.45) is 0 Å². The van der Waals surface area contributed by atoms with Gasteiger partial charge in [0.15, 0.2) is 0 Å². The number of rotatable bonds is 5. The number of hydrogen-bond donors (Lipinski definition) is 1. The first-order valence-electron chi connectivity index (χ1n) is 6.22. The van der Waals surface area contributed by atoms with Crippen LogP contribution in [-0.4, -0.2) is 24.4 Å². The Bertz CT molecular complexity index is 602. The summed E-state index contributed by atoms with van der Waals surface area (Å²) in [4.78, 5) is 12.1. The second kappa shape index (κ2) is 4.83. The van der Waals surface area contributed by atoms with Crippen molar-refractivity contribution in [3.05, 3.63) is 18.0 Å². The molecule has 0 bridgehead atoms. The molecule has 1 N–H and O–H groups in total. The summed E-state index contributed by atoms with van der Waals surface area (Å²) in [7, 11) is 1.51. The van der Waals surface area contributed by atoms with Gasteiger partial charge in [0.05, 0.1) is 0 Å². The summed E-state index contributed by atoms with van der Waals surface area (Å²) in [5.74, 6) is -0.250. The Balaban J connectivity index is 2.31. The Labute approximate surface area is 117 Å². The average Bonchev–Trinajstić information content (AvgIpc) is 2.85. The summed E-state index contributed by atoms with van der Waals surface area (Å²) in [5.41, 5.74) is 0.201. The Hall–Kier alpha value is -1.01. The maximum Gasteiger partial charge on any atom is 0.268 e. The molecule has 0 radical (unpaired) electrons. The first-order valence-corrected chi connectivity index (χ1v) is 8.53. The number of nitrogens with one attached hydrogen (secondary N) is 1. The number of halogens is 1. The summed E-state index contributed by atoms with van der Waals surface area (Å²) >= 11 is 0. The summed E-state index contributed by atoms with van der Waals surface area (Å²) in [6.07, 6.45) is 4.12. The lowest BCUT2D eigenvalue weighted by Gasteiger charge is -2.13. The molecule has 1 aliphatic rings. The average molecular weight is 305 g/mol. The van der Waals surface area contributed by atoms with Gasteiger partial charge in [-0.2, -0.15) is 0 Å². The predicted octanol–water partition coefficient (Wildman–Crippen LogP) is 2.11. The molecule has 1 heterocycles. The van der Waals surface area contributed by atoms with E-state index in [9.17, 15) is 13.2 Å². The van der Waals surface area contributed by atoms with Crippen molar-refractivity contribution in [2.45, 2.75) is 50.1 Å². The zero-order chi connectivity index (χ0) is 14.3. The van der Waals surface area contributed by atoms with Crippen molar-refractivity contribution < 1.29 is 13.2 Å². The van der Waals surface area contributed by atoms with Crippen molar-refractivity contribution in [1.82, 2.24) is 9.88 Å². The highest BCUT2D eigenvalue weighted by atomic mass is 35.7. The van der Waals surface area contributed by atoms with Crippen LogP contribution in [0.15, 0.2) is 17.2 Å². The number of amides is 1. The fraction of sp³-hybridized carbons (Fsp3) is 0.583. The highest BCUT2D eigenvalue weighted by Crippen LogP contribution is 2.34. The molecule has 106 valence electrons. The Kier molecular flexibility index (Phi) is 3.66. The van der Waals surface area contributed by atoms with Crippen LogP contribution in [0.25, 0.3) is 0 Å². The van der Waals surface area contributed by atoms with Gasteiger partial charge in [-0.1, -0.05) is 6.92 Å². The standard InChI is InChI=1S/C12H17ClN2O3S/c1-3-6-15-8-9(19(13,17)18)7-10(15)11(16)14-12(2)4-5-12/h7-8H,3-6H2,1-2H3,(H,14,16). The molecule has 1 aromatic rings.